The van der Waals surface area contributed by atoms with Crippen LogP contribution in [0.3, 0.4) is 0 Å². The summed E-state index contributed by atoms with van der Waals surface area (Å²) in [4.78, 5) is 4.37. The molecule has 2 aliphatic heterocycles. The van der Waals surface area contributed by atoms with Crippen LogP contribution in [0.15, 0.2) is 35.5 Å². The van der Waals surface area contributed by atoms with E-state index in [1.807, 2.05) is 23.9 Å². The smallest absolute Gasteiger partial charge is 0.231 e. The first kappa shape index (κ1) is 21.7. The fourth-order valence-electron chi connectivity index (χ4n) is 3.78. The van der Waals surface area contributed by atoms with Gasteiger partial charge in [0.15, 0.2) is 17.5 Å². The number of benzene rings is 1. The van der Waals surface area contributed by atoms with Gasteiger partial charge in [-0.3, -0.25) is 9.67 Å². The molecule has 1 fully saturated rings. The van der Waals surface area contributed by atoms with E-state index in [-0.39, 0.29) is 36.2 Å². The van der Waals surface area contributed by atoms with Gasteiger partial charge < -0.3 is 24.8 Å². The van der Waals surface area contributed by atoms with Crippen molar-refractivity contribution in [1.29, 1.82) is 0 Å². The van der Waals surface area contributed by atoms with Gasteiger partial charge in [-0.2, -0.15) is 5.10 Å². The molecule has 158 valence electrons. The number of hydrogen-bond acceptors (Lipinski definition) is 5. The highest BCUT2D eigenvalue weighted by Gasteiger charge is 2.35. The van der Waals surface area contributed by atoms with Crippen LogP contribution in [0.4, 0.5) is 0 Å². The first-order valence-electron chi connectivity index (χ1n) is 9.59. The van der Waals surface area contributed by atoms with E-state index >= 15 is 0 Å². The van der Waals surface area contributed by atoms with Gasteiger partial charge in [0.25, 0.3) is 0 Å². The number of guanidine groups is 1. The van der Waals surface area contributed by atoms with E-state index in [4.69, 9.17) is 14.2 Å². The molecule has 1 saturated heterocycles. The molecular formula is C20H28IN5O3. The molecule has 0 radical (unpaired) electrons. The summed E-state index contributed by atoms with van der Waals surface area (Å²) < 4.78 is 18.6. The molecule has 0 atom stereocenters. The average molecular weight is 513 g/mol. The molecule has 0 saturated carbocycles. The molecule has 0 spiro atoms. The molecule has 4 rings (SSSR count). The van der Waals surface area contributed by atoms with Gasteiger partial charge in [0.1, 0.15) is 0 Å². The fourth-order valence-corrected chi connectivity index (χ4v) is 3.78. The van der Waals surface area contributed by atoms with E-state index in [2.05, 4.69) is 32.9 Å². The number of hydrogen-bond donors (Lipinski definition) is 2. The van der Waals surface area contributed by atoms with Crippen molar-refractivity contribution in [2.24, 2.45) is 12.0 Å². The second-order valence-electron chi connectivity index (χ2n) is 7.19. The van der Waals surface area contributed by atoms with Crippen LogP contribution in [0, 0.1) is 0 Å². The molecule has 0 bridgehead atoms. The lowest BCUT2D eigenvalue weighted by Crippen LogP contribution is -2.48. The highest BCUT2D eigenvalue weighted by molar-refractivity contribution is 14.0. The van der Waals surface area contributed by atoms with Crippen LogP contribution >= 0.6 is 24.0 Å². The standard InChI is InChI=1S/C20H27N5O3.HI/c1-21-19(22-12-16-5-8-24-25(16)2)23-13-20(6-9-26-10-7-20)15-3-4-17-18(11-15)28-14-27-17;/h3-5,8,11H,6-7,9-10,12-14H2,1-2H3,(H2,21,22,23);1H. The van der Waals surface area contributed by atoms with E-state index < -0.39 is 0 Å². The maximum Gasteiger partial charge on any atom is 0.231 e. The summed E-state index contributed by atoms with van der Waals surface area (Å²) in [5.74, 6) is 2.41. The largest absolute Gasteiger partial charge is 0.454 e. The number of nitrogens with one attached hydrogen (secondary N) is 2. The zero-order chi connectivity index (χ0) is 19.4. The first-order chi connectivity index (χ1) is 13.7. The first-order valence-corrected chi connectivity index (χ1v) is 9.59. The summed E-state index contributed by atoms with van der Waals surface area (Å²) in [6.45, 7) is 3.21. The number of aryl methyl sites for hydroxylation is 1. The Balaban J connectivity index is 0.00000240. The third-order valence-electron chi connectivity index (χ3n) is 5.61. The van der Waals surface area contributed by atoms with Crippen molar-refractivity contribution in [3.05, 3.63) is 41.7 Å². The highest BCUT2D eigenvalue weighted by Crippen LogP contribution is 2.40. The zero-order valence-corrected chi connectivity index (χ0v) is 19.1. The Hall–Kier alpha value is -2.01. The lowest BCUT2D eigenvalue weighted by Gasteiger charge is -2.38. The maximum atomic E-state index is 5.64. The quantitative estimate of drug-likeness (QED) is 0.363. The summed E-state index contributed by atoms with van der Waals surface area (Å²) in [5.41, 5.74) is 2.30. The summed E-state index contributed by atoms with van der Waals surface area (Å²) in [7, 11) is 3.72. The van der Waals surface area contributed by atoms with E-state index in [1.54, 1.807) is 13.2 Å². The summed E-state index contributed by atoms with van der Waals surface area (Å²) in [6, 6.07) is 8.25. The Morgan fingerprint density at radius 2 is 1.97 bits per heavy atom. The number of halogens is 1. The van der Waals surface area contributed by atoms with Crippen LogP contribution in [0.2, 0.25) is 0 Å². The Morgan fingerprint density at radius 1 is 1.17 bits per heavy atom. The van der Waals surface area contributed by atoms with Gasteiger partial charge in [0, 0.05) is 45.5 Å². The number of aliphatic imine (C=N–C) groups is 1. The second kappa shape index (κ2) is 9.66. The molecule has 0 aliphatic carbocycles. The third kappa shape index (κ3) is 4.77. The second-order valence-corrected chi connectivity index (χ2v) is 7.19. The Bertz CT molecular complexity index is 848. The van der Waals surface area contributed by atoms with E-state index in [0.717, 1.165) is 55.8 Å². The van der Waals surface area contributed by atoms with Gasteiger partial charge in [-0.25, -0.2) is 0 Å². The van der Waals surface area contributed by atoms with Crippen molar-refractivity contribution in [2.45, 2.75) is 24.8 Å². The number of aromatic nitrogens is 2. The van der Waals surface area contributed by atoms with Crippen LogP contribution in [-0.4, -0.2) is 49.3 Å². The number of ether oxygens (including phenoxy) is 3. The number of nitrogens with zero attached hydrogens (tertiary/aromatic N) is 3. The predicted molar refractivity (Wildman–Crippen MR) is 121 cm³/mol. The van der Waals surface area contributed by atoms with E-state index in [9.17, 15) is 0 Å². The minimum Gasteiger partial charge on any atom is -0.454 e. The monoisotopic (exact) mass is 513 g/mol. The van der Waals surface area contributed by atoms with E-state index in [1.165, 1.54) is 5.56 Å². The SMILES string of the molecule is CN=C(NCc1ccnn1C)NCC1(c2ccc3c(c2)OCO3)CCOCC1.I. The predicted octanol–water partition coefficient (Wildman–Crippen LogP) is 2.18. The normalized spacial score (nSPS) is 17.5. The molecule has 9 heteroatoms. The van der Waals surface area contributed by atoms with Gasteiger partial charge in [-0.1, -0.05) is 6.07 Å². The topological polar surface area (TPSA) is 81.9 Å². The molecular weight excluding hydrogens is 485 g/mol. The minimum absolute atomic E-state index is 0. The van der Waals surface area contributed by atoms with E-state index in [0.29, 0.717) is 6.54 Å². The Morgan fingerprint density at radius 3 is 2.69 bits per heavy atom. The van der Waals surface area contributed by atoms with Crippen molar-refractivity contribution in [3.63, 3.8) is 0 Å². The molecule has 0 unspecified atom stereocenters. The third-order valence-corrected chi connectivity index (χ3v) is 5.61. The molecule has 1 aromatic heterocycles. The molecule has 2 N–H and O–H groups in total. The number of fused-ring (bicyclic) bond motifs is 1. The molecule has 3 heterocycles. The summed E-state index contributed by atoms with van der Waals surface area (Å²) >= 11 is 0. The molecule has 2 aliphatic rings. The van der Waals surface area contributed by atoms with Crippen LogP contribution in [0.25, 0.3) is 0 Å². The lowest BCUT2D eigenvalue weighted by molar-refractivity contribution is 0.0513. The summed E-state index contributed by atoms with van der Waals surface area (Å²) in [6.07, 6.45) is 3.68. The highest BCUT2D eigenvalue weighted by atomic mass is 127. The van der Waals surface area contributed by atoms with Crippen molar-refractivity contribution in [3.8, 4) is 11.5 Å². The van der Waals surface area contributed by atoms with Crippen molar-refractivity contribution in [1.82, 2.24) is 20.4 Å². The Labute approximate surface area is 188 Å². The van der Waals surface area contributed by atoms with Crippen LogP contribution < -0.4 is 20.1 Å². The van der Waals surface area contributed by atoms with Crippen LogP contribution in [0.1, 0.15) is 24.1 Å². The van der Waals surface area contributed by atoms with Gasteiger partial charge in [0.2, 0.25) is 6.79 Å². The molecule has 2 aromatic rings. The lowest BCUT2D eigenvalue weighted by atomic mass is 9.74. The maximum absolute atomic E-state index is 5.64. The molecule has 29 heavy (non-hydrogen) atoms. The van der Waals surface area contributed by atoms with Crippen molar-refractivity contribution >= 4 is 29.9 Å². The zero-order valence-electron chi connectivity index (χ0n) is 16.8. The minimum atomic E-state index is -0.0383. The molecule has 0 amide bonds. The summed E-state index contributed by atoms with van der Waals surface area (Å²) in [5, 5.41) is 11.1. The number of rotatable bonds is 5. The van der Waals surface area contributed by atoms with Gasteiger partial charge in [-0.05, 0) is 36.6 Å². The van der Waals surface area contributed by atoms with Gasteiger partial charge >= 0.3 is 0 Å². The van der Waals surface area contributed by atoms with Gasteiger partial charge in [0.05, 0.1) is 12.2 Å². The van der Waals surface area contributed by atoms with Gasteiger partial charge in [-0.15, -0.1) is 24.0 Å². The Kier molecular flexibility index (Phi) is 7.23. The molecule has 8 nitrogen and oxygen atoms in total. The van der Waals surface area contributed by atoms with Crippen molar-refractivity contribution in [2.75, 3.05) is 33.6 Å². The average Bonchev–Trinajstić information content (AvgIpc) is 3.37. The van der Waals surface area contributed by atoms with Crippen LogP contribution in [-0.2, 0) is 23.7 Å². The van der Waals surface area contributed by atoms with Crippen molar-refractivity contribution < 1.29 is 14.2 Å². The molecule has 1 aromatic carbocycles. The fraction of sp³-hybridized carbons (Fsp3) is 0.500. The van der Waals surface area contributed by atoms with Crippen LogP contribution in [0.5, 0.6) is 11.5 Å².